The third kappa shape index (κ3) is 2.34. The number of hydrogen-bond donors (Lipinski definition) is 1. The van der Waals surface area contributed by atoms with E-state index in [2.05, 4.69) is 0 Å². The third-order valence-electron chi connectivity index (χ3n) is 3.35. The maximum atomic E-state index is 12.3. The Balaban J connectivity index is 2.35. The number of carbonyl (C=O) groups excluding carboxylic acids is 1. The molecule has 0 fully saturated rings. The molecule has 0 amide bonds. The minimum atomic E-state index is -0.0907. The van der Waals surface area contributed by atoms with Crippen LogP contribution in [0.4, 0.5) is 0 Å². The number of para-hydroxylation sites is 1. The molecule has 0 bridgehead atoms. The number of benzene rings is 1. The van der Waals surface area contributed by atoms with Crippen LogP contribution in [0.5, 0.6) is 5.75 Å². The number of hydrogen-bond acceptors (Lipinski definition) is 3. The van der Waals surface area contributed by atoms with Crippen LogP contribution in [0.2, 0.25) is 0 Å². The summed E-state index contributed by atoms with van der Waals surface area (Å²) in [5.41, 5.74) is 7.49. The summed E-state index contributed by atoms with van der Waals surface area (Å²) in [7, 11) is 0. The van der Waals surface area contributed by atoms with E-state index in [4.69, 9.17) is 10.5 Å². The Morgan fingerprint density at radius 2 is 2.35 bits per heavy atom. The number of carbonyl (C=O) groups is 1. The lowest BCUT2D eigenvalue weighted by Gasteiger charge is -2.21. The molecular weight excluding hydrogens is 214 g/mol. The minimum Gasteiger partial charge on any atom is -0.493 e. The highest BCUT2D eigenvalue weighted by molar-refractivity contribution is 6.00. The first kappa shape index (κ1) is 12.1. The second-order valence-corrected chi connectivity index (χ2v) is 4.45. The van der Waals surface area contributed by atoms with Gasteiger partial charge in [0, 0.05) is 12.5 Å². The van der Waals surface area contributed by atoms with E-state index < -0.39 is 0 Å². The quantitative estimate of drug-likeness (QED) is 0.811. The topological polar surface area (TPSA) is 52.3 Å². The molecule has 1 heterocycles. The molecule has 1 aliphatic heterocycles. The standard InChI is InChI=1S/C14H19NO2/c1-2-10(9-15)13(16)12-7-3-5-11-6-4-8-17-14(11)12/h3,5,7,10H,2,4,6,8-9,15H2,1H3. The second kappa shape index (κ2) is 5.32. The molecule has 0 saturated heterocycles. The highest BCUT2D eigenvalue weighted by Gasteiger charge is 2.23. The van der Waals surface area contributed by atoms with E-state index in [1.54, 1.807) is 0 Å². The van der Waals surface area contributed by atoms with E-state index in [1.165, 1.54) is 0 Å². The average Bonchev–Trinajstić information content (AvgIpc) is 2.39. The lowest BCUT2D eigenvalue weighted by molar-refractivity contribution is 0.0916. The summed E-state index contributed by atoms with van der Waals surface area (Å²) >= 11 is 0. The van der Waals surface area contributed by atoms with Gasteiger partial charge in [-0.05, 0) is 30.9 Å². The van der Waals surface area contributed by atoms with Crippen molar-refractivity contribution in [1.82, 2.24) is 0 Å². The van der Waals surface area contributed by atoms with E-state index in [0.29, 0.717) is 18.7 Å². The van der Waals surface area contributed by atoms with Gasteiger partial charge in [-0.3, -0.25) is 4.79 Å². The van der Waals surface area contributed by atoms with Gasteiger partial charge in [0.1, 0.15) is 5.75 Å². The van der Waals surface area contributed by atoms with Crippen LogP contribution in [0.3, 0.4) is 0 Å². The van der Waals surface area contributed by atoms with Gasteiger partial charge in [-0.25, -0.2) is 0 Å². The van der Waals surface area contributed by atoms with Crippen molar-refractivity contribution < 1.29 is 9.53 Å². The molecule has 0 aliphatic carbocycles. The van der Waals surface area contributed by atoms with E-state index in [1.807, 2.05) is 25.1 Å². The molecule has 1 aromatic rings. The summed E-state index contributed by atoms with van der Waals surface area (Å²) in [6.45, 7) is 3.10. The van der Waals surface area contributed by atoms with Gasteiger partial charge in [0.25, 0.3) is 0 Å². The Hall–Kier alpha value is -1.35. The van der Waals surface area contributed by atoms with Crippen LogP contribution in [-0.2, 0) is 6.42 Å². The van der Waals surface area contributed by atoms with E-state index in [0.717, 1.165) is 30.6 Å². The van der Waals surface area contributed by atoms with Crippen molar-refractivity contribution >= 4 is 5.78 Å². The zero-order valence-electron chi connectivity index (χ0n) is 10.2. The molecule has 0 radical (unpaired) electrons. The Bertz CT molecular complexity index is 411. The Labute approximate surface area is 102 Å². The number of rotatable bonds is 4. The molecule has 17 heavy (non-hydrogen) atoms. The molecule has 1 unspecified atom stereocenters. The Morgan fingerprint density at radius 3 is 3.06 bits per heavy atom. The summed E-state index contributed by atoms with van der Waals surface area (Å²) in [6.07, 6.45) is 2.80. The zero-order chi connectivity index (χ0) is 12.3. The van der Waals surface area contributed by atoms with Crippen LogP contribution in [0, 0.1) is 5.92 Å². The van der Waals surface area contributed by atoms with Gasteiger partial charge < -0.3 is 10.5 Å². The first-order chi connectivity index (χ1) is 8.27. The third-order valence-corrected chi connectivity index (χ3v) is 3.35. The summed E-state index contributed by atoms with van der Waals surface area (Å²) in [5.74, 6) is 0.816. The van der Waals surface area contributed by atoms with Gasteiger partial charge in [-0.15, -0.1) is 0 Å². The first-order valence-corrected chi connectivity index (χ1v) is 6.27. The maximum absolute atomic E-state index is 12.3. The van der Waals surface area contributed by atoms with Crippen molar-refractivity contribution in [2.24, 2.45) is 11.7 Å². The Kier molecular flexibility index (Phi) is 3.79. The molecule has 3 heteroatoms. The van der Waals surface area contributed by atoms with Crippen LogP contribution in [-0.4, -0.2) is 18.9 Å². The summed E-state index contributed by atoms with van der Waals surface area (Å²) in [5, 5.41) is 0. The molecule has 2 rings (SSSR count). The number of aryl methyl sites for hydroxylation is 1. The van der Waals surface area contributed by atoms with Gasteiger partial charge >= 0.3 is 0 Å². The fraction of sp³-hybridized carbons (Fsp3) is 0.500. The molecule has 3 nitrogen and oxygen atoms in total. The fourth-order valence-corrected chi connectivity index (χ4v) is 2.26. The van der Waals surface area contributed by atoms with E-state index in [9.17, 15) is 4.79 Å². The lowest BCUT2D eigenvalue weighted by Crippen LogP contribution is -2.24. The van der Waals surface area contributed by atoms with Crippen molar-refractivity contribution in [3.8, 4) is 5.75 Å². The highest BCUT2D eigenvalue weighted by atomic mass is 16.5. The molecule has 1 aliphatic rings. The molecule has 1 atom stereocenters. The second-order valence-electron chi connectivity index (χ2n) is 4.45. The summed E-state index contributed by atoms with van der Waals surface area (Å²) < 4.78 is 5.65. The van der Waals surface area contributed by atoms with Gasteiger partial charge in [0.15, 0.2) is 5.78 Å². The molecule has 1 aromatic carbocycles. The predicted octanol–water partition coefficient (Wildman–Crippen LogP) is 2.18. The molecule has 2 N–H and O–H groups in total. The van der Waals surface area contributed by atoms with Gasteiger partial charge in [-0.2, -0.15) is 0 Å². The van der Waals surface area contributed by atoms with Gasteiger partial charge in [0.2, 0.25) is 0 Å². The minimum absolute atomic E-state index is 0.0907. The number of Topliss-reactive ketones (excluding diaryl/α,β-unsaturated/α-hetero) is 1. The van der Waals surface area contributed by atoms with Gasteiger partial charge in [0.05, 0.1) is 12.2 Å². The number of ether oxygens (including phenoxy) is 1. The van der Waals surface area contributed by atoms with Gasteiger partial charge in [-0.1, -0.05) is 19.1 Å². The number of nitrogens with two attached hydrogens (primary N) is 1. The molecular formula is C14H19NO2. The number of fused-ring (bicyclic) bond motifs is 1. The molecule has 0 aromatic heterocycles. The van der Waals surface area contributed by atoms with Crippen LogP contribution < -0.4 is 10.5 Å². The number of ketones is 1. The molecule has 0 spiro atoms. The van der Waals surface area contributed by atoms with E-state index >= 15 is 0 Å². The van der Waals surface area contributed by atoms with Crippen LogP contribution in [0.1, 0.15) is 35.7 Å². The zero-order valence-corrected chi connectivity index (χ0v) is 10.2. The van der Waals surface area contributed by atoms with E-state index in [-0.39, 0.29) is 11.7 Å². The van der Waals surface area contributed by atoms with Crippen molar-refractivity contribution in [3.05, 3.63) is 29.3 Å². The maximum Gasteiger partial charge on any atom is 0.170 e. The highest BCUT2D eigenvalue weighted by Crippen LogP contribution is 2.30. The van der Waals surface area contributed by atoms with Crippen molar-refractivity contribution in [3.63, 3.8) is 0 Å². The fourth-order valence-electron chi connectivity index (χ4n) is 2.26. The van der Waals surface area contributed by atoms with Crippen LogP contribution >= 0.6 is 0 Å². The largest absolute Gasteiger partial charge is 0.493 e. The van der Waals surface area contributed by atoms with Crippen molar-refractivity contribution in [2.75, 3.05) is 13.2 Å². The predicted molar refractivity (Wildman–Crippen MR) is 67.4 cm³/mol. The summed E-state index contributed by atoms with van der Waals surface area (Å²) in [6, 6.07) is 5.82. The molecule has 0 saturated carbocycles. The monoisotopic (exact) mass is 233 g/mol. The lowest BCUT2D eigenvalue weighted by atomic mass is 9.92. The van der Waals surface area contributed by atoms with Crippen LogP contribution in [0.15, 0.2) is 18.2 Å². The van der Waals surface area contributed by atoms with Crippen molar-refractivity contribution in [1.29, 1.82) is 0 Å². The normalized spacial score (nSPS) is 15.9. The average molecular weight is 233 g/mol. The molecule has 92 valence electrons. The summed E-state index contributed by atoms with van der Waals surface area (Å²) in [4.78, 5) is 12.3. The first-order valence-electron chi connectivity index (χ1n) is 6.27. The SMILES string of the molecule is CCC(CN)C(=O)c1cccc2c1OCCC2. The van der Waals surface area contributed by atoms with Crippen LogP contribution in [0.25, 0.3) is 0 Å². The smallest absolute Gasteiger partial charge is 0.170 e. The van der Waals surface area contributed by atoms with Crippen molar-refractivity contribution in [2.45, 2.75) is 26.2 Å². The Morgan fingerprint density at radius 1 is 1.53 bits per heavy atom.